The van der Waals surface area contributed by atoms with Crippen LogP contribution in [0.2, 0.25) is 0 Å². The summed E-state index contributed by atoms with van der Waals surface area (Å²) in [5.41, 5.74) is 4.05. The van der Waals surface area contributed by atoms with Crippen molar-refractivity contribution in [2.75, 3.05) is 4.90 Å². The average Bonchev–Trinajstić information content (AvgIpc) is 3.13. The van der Waals surface area contributed by atoms with E-state index in [0.717, 1.165) is 32.0 Å². The van der Waals surface area contributed by atoms with Crippen LogP contribution in [0.4, 0.5) is 5.13 Å². The quantitative estimate of drug-likeness (QED) is 0.506. The summed E-state index contributed by atoms with van der Waals surface area (Å²) in [6, 6.07) is 19.8. The molecule has 0 N–H and O–H groups in total. The second kappa shape index (κ2) is 7.68. The molecule has 134 valence electrons. The molecule has 2 aromatic heterocycles. The van der Waals surface area contributed by atoms with Gasteiger partial charge in [-0.2, -0.15) is 0 Å². The number of aromatic nitrogens is 2. The van der Waals surface area contributed by atoms with Gasteiger partial charge >= 0.3 is 0 Å². The largest absolute Gasteiger partial charge is 0.283 e. The van der Waals surface area contributed by atoms with Gasteiger partial charge in [-0.05, 0) is 35.7 Å². The summed E-state index contributed by atoms with van der Waals surface area (Å²) >= 11 is 1.55. The van der Waals surface area contributed by atoms with Crippen molar-refractivity contribution in [3.63, 3.8) is 0 Å². The van der Waals surface area contributed by atoms with Crippen LogP contribution in [0.3, 0.4) is 0 Å². The van der Waals surface area contributed by atoms with E-state index in [9.17, 15) is 4.79 Å². The molecular weight excluding hydrogens is 354 g/mol. The summed E-state index contributed by atoms with van der Waals surface area (Å²) in [5, 5.41) is 0.726. The Morgan fingerprint density at radius 2 is 1.81 bits per heavy atom. The summed E-state index contributed by atoms with van der Waals surface area (Å²) < 4.78 is 1.09. The van der Waals surface area contributed by atoms with E-state index in [1.165, 1.54) is 0 Å². The van der Waals surface area contributed by atoms with E-state index in [0.29, 0.717) is 13.0 Å². The van der Waals surface area contributed by atoms with E-state index in [4.69, 9.17) is 4.98 Å². The number of aryl methyl sites for hydroxylation is 1. The van der Waals surface area contributed by atoms with Gasteiger partial charge in [0, 0.05) is 12.4 Å². The Hall–Kier alpha value is -3.05. The lowest BCUT2D eigenvalue weighted by molar-refractivity contribution is -0.118. The highest BCUT2D eigenvalue weighted by Gasteiger charge is 2.21. The maximum Gasteiger partial charge on any atom is 0.233 e. The zero-order chi connectivity index (χ0) is 18.6. The number of hydrogen-bond donors (Lipinski definition) is 0. The molecule has 0 aliphatic heterocycles. The predicted octanol–water partition coefficient (Wildman–Crippen LogP) is 4.78. The number of rotatable bonds is 5. The number of para-hydroxylation sites is 1. The number of carbonyl (C=O) groups excluding carboxylic acids is 1. The molecule has 0 atom stereocenters. The van der Waals surface area contributed by atoms with Gasteiger partial charge in [0.15, 0.2) is 5.13 Å². The van der Waals surface area contributed by atoms with E-state index in [1.54, 1.807) is 28.6 Å². The van der Waals surface area contributed by atoms with Crippen LogP contribution in [0.5, 0.6) is 0 Å². The Morgan fingerprint density at radius 3 is 2.56 bits per heavy atom. The first kappa shape index (κ1) is 17.4. The molecule has 27 heavy (non-hydrogen) atoms. The molecule has 0 bridgehead atoms. The molecule has 4 nitrogen and oxygen atoms in total. The van der Waals surface area contributed by atoms with Gasteiger partial charge in [0.05, 0.1) is 23.2 Å². The highest BCUT2D eigenvalue weighted by atomic mass is 32.1. The van der Waals surface area contributed by atoms with Crippen molar-refractivity contribution in [3.05, 3.63) is 89.7 Å². The summed E-state index contributed by atoms with van der Waals surface area (Å²) in [7, 11) is 0. The molecule has 0 aliphatic rings. The number of amides is 1. The maximum atomic E-state index is 13.2. The van der Waals surface area contributed by atoms with E-state index in [1.807, 2.05) is 67.6 Å². The van der Waals surface area contributed by atoms with Crippen molar-refractivity contribution in [1.82, 2.24) is 9.97 Å². The molecule has 0 aliphatic carbocycles. The fourth-order valence-electron chi connectivity index (χ4n) is 2.99. The lowest BCUT2D eigenvalue weighted by Gasteiger charge is -2.20. The standard InChI is InChI=1S/C22H19N3OS/c1-16-7-5-11-19-21(16)24-22(27-19)25(15-18-10-6-12-23-14-18)20(26)13-17-8-3-2-4-9-17/h2-12,14H,13,15H2,1H3. The van der Waals surface area contributed by atoms with Crippen LogP contribution in [-0.4, -0.2) is 15.9 Å². The van der Waals surface area contributed by atoms with Gasteiger partial charge in [-0.1, -0.05) is 59.9 Å². The number of benzene rings is 2. The predicted molar refractivity (Wildman–Crippen MR) is 110 cm³/mol. The van der Waals surface area contributed by atoms with Crippen LogP contribution in [0.25, 0.3) is 10.2 Å². The molecule has 4 aromatic rings. The number of anilines is 1. The third kappa shape index (κ3) is 3.88. The monoisotopic (exact) mass is 373 g/mol. The first-order valence-corrected chi connectivity index (χ1v) is 9.62. The molecular formula is C22H19N3OS. The third-order valence-electron chi connectivity index (χ3n) is 4.40. The minimum absolute atomic E-state index is 0.0294. The lowest BCUT2D eigenvalue weighted by Crippen LogP contribution is -2.31. The van der Waals surface area contributed by atoms with Gasteiger partial charge in [-0.3, -0.25) is 14.7 Å². The van der Waals surface area contributed by atoms with Crippen LogP contribution in [0.15, 0.2) is 73.1 Å². The van der Waals surface area contributed by atoms with Crippen LogP contribution in [0.1, 0.15) is 16.7 Å². The van der Waals surface area contributed by atoms with E-state index >= 15 is 0 Å². The van der Waals surface area contributed by atoms with Crippen LogP contribution >= 0.6 is 11.3 Å². The molecule has 0 saturated carbocycles. The summed E-state index contributed by atoms with van der Waals surface area (Å²) in [6.45, 7) is 2.50. The smallest absolute Gasteiger partial charge is 0.233 e. The normalized spacial score (nSPS) is 10.9. The molecule has 5 heteroatoms. The zero-order valence-electron chi connectivity index (χ0n) is 15.0. The lowest BCUT2D eigenvalue weighted by atomic mass is 10.1. The summed E-state index contributed by atoms with van der Waals surface area (Å²) in [4.78, 5) is 23.9. The zero-order valence-corrected chi connectivity index (χ0v) is 15.8. The molecule has 0 spiro atoms. The van der Waals surface area contributed by atoms with Gasteiger partial charge in [0.2, 0.25) is 5.91 Å². The Labute approximate surface area is 162 Å². The first-order valence-electron chi connectivity index (χ1n) is 8.80. The van der Waals surface area contributed by atoms with Crippen LogP contribution in [-0.2, 0) is 17.8 Å². The van der Waals surface area contributed by atoms with Crippen molar-refractivity contribution in [2.45, 2.75) is 19.9 Å². The molecule has 2 aromatic carbocycles. The Kier molecular flexibility index (Phi) is 4.94. The Balaban J connectivity index is 1.70. The number of nitrogens with zero attached hydrogens (tertiary/aromatic N) is 3. The molecule has 2 heterocycles. The number of hydrogen-bond acceptors (Lipinski definition) is 4. The van der Waals surface area contributed by atoms with Gasteiger partial charge in [-0.15, -0.1) is 0 Å². The second-order valence-corrected chi connectivity index (χ2v) is 7.43. The Morgan fingerprint density at radius 1 is 1.00 bits per heavy atom. The SMILES string of the molecule is Cc1cccc2sc(N(Cc3cccnc3)C(=O)Cc3ccccc3)nc12. The van der Waals surface area contributed by atoms with Gasteiger partial charge in [0.25, 0.3) is 0 Å². The van der Waals surface area contributed by atoms with E-state index in [2.05, 4.69) is 4.98 Å². The minimum Gasteiger partial charge on any atom is -0.283 e. The first-order chi connectivity index (χ1) is 13.2. The fourth-order valence-corrected chi connectivity index (χ4v) is 4.05. The number of thiazole rings is 1. The molecule has 0 fully saturated rings. The fraction of sp³-hybridized carbons (Fsp3) is 0.136. The molecule has 4 rings (SSSR count). The Bertz CT molecular complexity index is 1060. The summed E-state index contributed by atoms with van der Waals surface area (Å²) in [6.07, 6.45) is 3.87. The molecule has 1 amide bonds. The van der Waals surface area contributed by atoms with Gasteiger partial charge in [0.1, 0.15) is 0 Å². The van der Waals surface area contributed by atoms with Gasteiger partial charge in [-0.25, -0.2) is 4.98 Å². The van der Waals surface area contributed by atoms with Crippen molar-refractivity contribution < 1.29 is 4.79 Å². The van der Waals surface area contributed by atoms with Crippen LogP contribution < -0.4 is 4.90 Å². The van der Waals surface area contributed by atoms with Crippen LogP contribution in [0, 0.1) is 6.92 Å². The topological polar surface area (TPSA) is 46.1 Å². The van der Waals surface area contributed by atoms with E-state index in [-0.39, 0.29) is 5.91 Å². The average molecular weight is 373 g/mol. The number of carbonyl (C=O) groups is 1. The third-order valence-corrected chi connectivity index (χ3v) is 5.45. The molecule has 0 radical (unpaired) electrons. The van der Waals surface area contributed by atoms with Crippen molar-refractivity contribution in [3.8, 4) is 0 Å². The van der Waals surface area contributed by atoms with E-state index < -0.39 is 0 Å². The highest BCUT2D eigenvalue weighted by molar-refractivity contribution is 7.22. The maximum absolute atomic E-state index is 13.2. The number of pyridine rings is 1. The van der Waals surface area contributed by atoms with Crippen molar-refractivity contribution >= 4 is 32.6 Å². The molecule has 0 unspecified atom stereocenters. The van der Waals surface area contributed by atoms with Crippen molar-refractivity contribution in [2.24, 2.45) is 0 Å². The second-order valence-electron chi connectivity index (χ2n) is 6.42. The highest BCUT2D eigenvalue weighted by Crippen LogP contribution is 2.31. The van der Waals surface area contributed by atoms with Gasteiger partial charge < -0.3 is 0 Å². The molecule has 0 saturated heterocycles. The van der Waals surface area contributed by atoms with Crippen molar-refractivity contribution in [1.29, 1.82) is 0 Å². The minimum atomic E-state index is 0.0294. The summed E-state index contributed by atoms with van der Waals surface area (Å²) in [5.74, 6) is 0.0294. The number of fused-ring (bicyclic) bond motifs is 1.